The highest BCUT2D eigenvalue weighted by atomic mass is 16.1. The average Bonchev–Trinajstić information content (AvgIpc) is 2.98. The van der Waals surface area contributed by atoms with Gasteiger partial charge in [0.25, 0.3) is 5.91 Å². The molecule has 0 spiro atoms. The summed E-state index contributed by atoms with van der Waals surface area (Å²) in [6.07, 6.45) is 0. The first-order valence-corrected chi connectivity index (χ1v) is 10.8. The standard InChI is InChI=1S/C26H33N5O/c1-17-10-8-9-11-23(17)28-25(27-16-22-18(2)30-31(7)19(22)3)29-24(32)20-12-14-21(15-13-20)26(4,5)6/h8-15H,16H2,1-7H3,(H2,27,28,29,32). The van der Waals surface area contributed by atoms with Crippen LogP contribution in [0.4, 0.5) is 5.69 Å². The zero-order valence-corrected chi connectivity index (χ0v) is 20.1. The molecule has 1 amide bonds. The fraction of sp³-hybridized carbons (Fsp3) is 0.346. The first-order valence-electron chi connectivity index (χ1n) is 10.8. The maximum Gasteiger partial charge on any atom is 0.257 e. The molecule has 6 heteroatoms. The number of carbonyl (C=O) groups is 1. The van der Waals surface area contributed by atoms with Crippen LogP contribution in [0.1, 0.15) is 59.2 Å². The number of para-hydroxylation sites is 1. The predicted molar refractivity (Wildman–Crippen MR) is 131 cm³/mol. The first-order chi connectivity index (χ1) is 15.1. The molecule has 0 saturated heterocycles. The number of anilines is 1. The Hall–Kier alpha value is -3.41. The third-order valence-electron chi connectivity index (χ3n) is 5.70. The Kier molecular flexibility index (Phi) is 6.82. The van der Waals surface area contributed by atoms with Crippen LogP contribution in [-0.2, 0) is 19.0 Å². The Morgan fingerprint density at radius 1 is 1.03 bits per heavy atom. The third-order valence-corrected chi connectivity index (χ3v) is 5.70. The molecule has 1 heterocycles. The summed E-state index contributed by atoms with van der Waals surface area (Å²) in [4.78, 5) is 17.7. The highest BCUT2D eigenvalue weighted by molar-refractivity contribution is 6.10. The molecule has 2 N–H and O–H groups in total. The Labute approximate surface area is 190 Å². The summed E-state index contributed by atoms with van der Waals surface area (Å²) >= 11 is 0. The lowest BCUT2D eigenvalue weighted by molar-refractivity contribution is 0.0977. The minimum Gasteiger partial charge on any atom is -0.326 e. The normalized spacial score (nSPS) is 12.0. The summed E-state index contributed by atoms with van der Waals surface area (Å²) in [5.41, 5.74) is 6.83. The third kappa shape index (κ3) is 5.44. The topological polar surface area (TPSA) is 71.3 Å². The summed E-state index contributed by atoms with van der Waals surface area (Å²) in [5, 5.41) is 10.7. The molecule has 0 atom stereocenters. The molecule has 1 aromatic heterocycles. The molecular formula is C26H33N5O. The molecule has 0 unspecified atom stereocenters. The average molecular weight is 432 g/mol. The minimum absolute atomic E-state index is 0.0352. The number of benzene rings is 2. The lowest BCUT2D eigenvalue weighted by Gasteiger charge is -2.19. The number of aliphatic imine (C=N–C) groups is 1. The van der Waals surface area contributed by atoms with E-state index < -0.39 is 0 Å². The van der Waals surface area contributed by atoms with Crippen LogP contribution in [0.15, 0.2) is 53.5 Å². The molecular weight excluding hydrogens is 398 g/mol. The van der Waals surface area contributed by atoms with E-state index in [0.717, 1.165) is 28.2 Å². The van der Waals surface area contributed by atoms with Gasteiger partial charge in [-0.1, -0.05) is 51.1 Å². The quantitative estimate of drug-likeness (QED) is 0.449. The van der Waals surface area contributed by atoms with Crippen molar-refractivity contribution in [1.82, 2.24) is 15.1 Å². The molecule has 3 rings (SSSR count). The summed E-state index contributed by atoms with van der Waals surface area (Å²) in [6, 6.07) is 15.6. The number of nitrogens with one attached hydrogen (secondary N) is 2. The number of carbonyl (C=O) groups excluding carboxylic acids is 1. The van der Waals surface area contributed by atoms with Crippen molar-refractivity contribution in [2.75, 3.05) is 5.32 Å². The van der Waals surface area contributed by atoms with Crippen molar-refractivity contribution in [2.45, 2.75) is 53.5 Å². The molecule has 0 aliphatic rings. The second kappa shape index (κ2) is 9.39. The van der Waals surface area contributed by atoms with E-state index in [1.807, 2.05) is 81.0 Å². The van der Waals surface area contributed by atoms with Crippen molar-refractivity contribution in [3.8, 4) is 0 Å². The van der Waals surface area contributed by atoms with Crippen molar-refractivity contribution in [2.24, 2.45) is 12.0 Å². The minimum atomic E-state index is -0.204. The van der Waals surface area contributed by atoms with Crippen LogP contribution in [-0.4, -0.2) is 21.6 Å². The van der Waals surface area contributed by atoms with Gasteiger partial charge in [-0.3, -0.25) is 14.8 Å². The van der Waals surface area contributed by atoms with Crippen molar-refractivity contribution in [3.05, 3.63) is 82.2 Å². The highest BCUT2D eigenvalue weighted by Gasteiger charge is 2.16. The van der Waals surface area contributed by atoms with Gasteiger partial charge in [-0.15, -0.1) is 0 Å². The molecule has 0 radical (unpaired) electrons. The van der Waals surface area contributed by atoms with E-state index in [1.165, 1.54) is 5.56 Å². The summed E-state index contributed by atoms with van der Waals surface area (Å²) in [6.45, 7) is 12.9. The zero-order chi connectivity index (χ0) is 23.5. The van der Waals surface area contributed by atoms with Crippen molar-refractivity contribution in [3.63, 3.8) is 0 Å². The lowest BCUT2D eigenvalue weighted by atomic mass is 9.87. The van der Waals surface area contributed by atoms with E-state index in [2.05, 4.69) is 36.5 Å². The van der Waals surface area contributed by atoms with Crippen LogP contribution < -0.4 is 10.6 Å². The molecule has 3 aromatic rings. The lowest BCUT2D eigenvalue weighted by Crippen LogP contribution is -2.36. The molecule has 0 saturated carbocycles. The van der Waals surface area contributed by atoms with E-state index in [1.54, 1.807) is 0 Å². The Morgan fingerprint density at radius 3 is 2.25 bits per heavy atom. The van der Waals surface area contributed by atoms with Gasteiger partial charge in [0.15, 0.2) is 0 Å². The number of guanidine groups is 1. The summed E-state index contributed by atoms with van der Waals surface area (Å²) < 4.78 is 1.85. The smallest absolute Gasteiger partial charge is 0.257 e. The van der Waals surface area contributed by atoms with Gasteiger partial charge in [0.2, 0.25) is 5.96 Å². The van der Waals surface area contributed by atoms with Gasteiger partial charge in [0.05, 0.1) is 12.2 Å². The van der Waals surface area contributed by atoms with E-state index >= 15 is 0 Å². The Balaban J connectivity index is 1.86. The van der Waals surface area contributed by atoms with Crippen molar-refractivity contribution >= 4 is 17.6 Å². The van der Waals surface area contributed by atoms with E-state index in [9.17, 15) is 4.79 Å². The highest BCUT2D eigenvalue weighted by Crippen LogP contribution is 2.22. The van der Waals surface area contributed by atoms with Crippen molar-refractivity contribution in [1.29, 1.82) is 0 Å². The van der Waals surface area contributed by atoms with Gasteiger partial charge in [-0.25, -0.2) is 4.99 Å². The van der Waals surface area contributed by atoms with Crippen LogP contribution in [0.3, 0.4) is 0 Å². The molecule has 6 nitrogen and oxygen atoms in total. The summed E-state index contributed by atoms with van der Waals surface area (Å²) in [5.74, 6) is 0.205. The number of nitrogens with zero attached hydrogens (tertiary/aromatic N) is 3. The molecule has 0 fully saturated rings. The molecule has 0 aliphatic heterocycles. The van der Waals surface area contributed by atoms with Gasteiger partial charge in [0, 0.05) is 29.6 Å². The second-order valence-electron chi connectivity index (χ2n) is 9.16. The second-order valence-corrected chi connectivity index (χ2v) is 9.16. The van der Waals surface area contributed by atoms with Gasteiger partial charge < -0.3 is 5.32 Å². The maximum atomic E-state index is 13.0. The van der Waals surface area contributed by atoms with Gasteiger partial charge in [0.1, 0.15) is 0 Å². The number of hydrogen-bond acceptors (Lipinski definition) is 3. The maximum absolute atomic E-state index is 13.0. The van der Waals surface area contributed by atoms with Crippen LogP contribution in [0.25, 0.3) is 0 Å². The van der Waals surface area contributed by atoms with Crippen LogP contribution in [0, 0.1) is 20.8 Å². The Morgan fingerprint density at radius 2 is 1.69 bits per heavy atom. The van der Waals surface area contributed by atoms with Crippen LogP contribution in [0.5, 0.6) is 0 Å². The first kappa shape index (κ1) is 23.3. The van der Waals surface area contributed by atoms with Crippen molar-refractivity contribution < 1.29 is 4.79 Å². The molecule has 2 aromatic carbocycles. The molecule has 32 heavy (non-hydrogen) atoms. The van der Waals surface area contributed by atoms with E-state index in [4.69, 9.17) is 4.99 Å². The number of rotatable bonds is 4. The van der Waals surface area contributed by atoms with Gasteiger partial charge in [-0.2, -0.15) is 5.10 Å². The zero-order valence-electron chi connectivity index (χ0n) is 20.1. The SMILES string of the molecule is Cc1ccccc1NC(=NCc1c(C)nn(C)c1C)NC(=O)c1ccc(C(C)(C)C)cc1. The fourth-order valence-electron chi connectivity index (χ4n) is 3.46. The van der Waals surface area contributed by atoms with Gasteiger partial charge in [-0.05, 0) is 55.5 Å². The summed E-state index contributed by atoms with van der Waals surface area (Å²) in [7, 11) is 1.92. The van der Waals surface area contributed by atoms with Gasteiger partial charge >= 0.3 is 0 Å². The van der Waals surface area contributed by atoms with Crippen LogP contribution in [0.2, 0.25) is 0 Å². The molecule has 168 valence electrons. The van der Waals surface area contributed by atoms with E-state index in [-0.39, 0.29) is 11.3 Å². The van der Waals surface area contributed by atoms with Crippen LogP contribution >= 0.6 is 0 Å². The predicted octanol–water partition coefficient (Wildman–Crippen LogP) is 5.04. The number of aromatic nitrogens is 2. The number of hydrogen-bond donors (Lipinski definition) is 2. The largest absolute Gasteiger partial charge is 0.326 e. The molecule has 0 aliphatic carbocycles. The number of amides is 1. The molecule has 0 bridgehead atoms. The Bertz CT molecular complexity index is 1130. The number of aryl methyl sites for hydroxylation is 3. The van der Waals surface area contributed by atoms with E-state index in [0.29, 0.717) is 18.1 Å². The fourth-order valence-corrected chi connectivity index (χ4v) is 3.46. The monoisotopic (exact) mass is 431 g/mol.